The summed E-state index contributed by atoms with van der Waals surface area (Å²) in [4.78, 5) is 18.6. The number of H-pyrrole nitrogens is 1. The molecular weight excluding hydrogens is 440 g/mol. The van der Waals surface area contributed by atoms with Crippen LogP contribution in [0, 0.1) is 19.8 Å². The molecule has 35 heavy (non-hydrogen) atoms. The molecule has 1 N–H and O–H groups in total. The van der Waals surface area contributed by atoms with E-state index >= 15 is 0 Å². The van der Waals surface area contributed by atoms with Crippen molar-refractivity contribution in [2.75, 3.05) is 13.7 Å². The molecule has 0 aliphatic rings. The third kappa shape index (κ3) is 5.66. The van der Waals surface area contributed by atoms with Gasteiger partial charge >= 0.3 is 0 Å². The maximum atomic E-state index is 13.2. The number of aromatic amines is 1. The second-order valence-electron chi connectivity index (χ2n) is 9.48. The molecule has 0 fully saturated rings. The fourth-order valence-corrected chi connectivity index (χ4v) is 4.57. The van der Waals surface area contributed by atoms with Gasteiger partial charge in [-0.2, -0.15) is 0 Å². The van der Waals surface area contributed by atoms with Gasteiger partial charge in [0, 0.05) is 31.3 Å². The highest BCUT2D eigenvalue weighted by Crippen LogP contribution is 2.30. The largest absolute Gasteiger partial charge is 0.383 e. The topological polar surface area (TPSA) is 88.9 Å². The zero-order valence-electron chi connectivity index (χ0n) is 21.2. The predicted octanol–water partition coefficient (Wildman–Crippen LogP) is 4.18. The van der Waals surface area contributed by atoms with Gasteiger partial charge in [0.2, 0.25) is 0 Å². The number of benzene rings is 2. The minimum Gasteiger partial charge on any atom is -0.383 e. The summed E-state index contributed by atoms with van der Waals surface area (Å²) in [6, 6.07) is 16.4. The van der Waals surface area contributed by atoms with Crippen LogP contribution in [-0.2, 0) is 24.4 Å². The molecule has 0 bridgehead atoms. The van der Waals surface area contributed by atoms with Crippen LogP contribution in [-0.4, -0.2) is 43.8 Å². The number of nitrogens with zero attached hydrogens (tertiary/aromatic N) is 5. The standard InChI is InChI=1S/C27H34N6O2/c1-18(2)25(26-29-30-31-33(26)11-12-35-5)32(16-21-9-7-6-8-10-21)17-23-15-22-13-19(3)20(4)14-24(22)28-27(23)34/h6-10,13-15,18,25H,11-12,16-17H2,1-5H3,(H,28,34). The lowest BCUT2D eigenvalue weighted by Gasteiger charge is -2.33. The Hall–Kier alpha value is -3.36. The molecule has 2 heterocycles. The first-order chi connectivity index (χ1) is 16.9. The first-order valence-corrected chi connectivity index (χ1v) is 12.0. The molecule has 8 heteroatoms. The van der Waals surface area contributed by atoms with E-state index in [2.05, 4.69) is 71.3 Å². The van der Waals surface area contributed by atoms with E-state index < -0.39 is 0 Å². The van der Waals surface area contributed by atoms with Crippen LogP contribution in [0.25, 0.3) is 10.9 Å². The Kier molecular flexibility index (Phi) is 7.73. The molecule has 0 amide bonds. The maximum Gasteiger partial charge on any atom is 0.252 e. The number of hydrogen-bond donors (Lipinski definition) is 1. The summed E-state index contributed by atoms with van der Waals surface area (Å²) in [5.41, 5.74) is 5.04. The number of pyridine rings is 1. The zero-order chi connectivity index (χ0) is 24.9. The summed E-state index contributed by atoms with van der Waals surface area (Å²) in [5, 5.41) is 13.6. The second-order valence-corrected chi connectivity index (χ2v) is 9.48. The minimum atomic E-state index is -0.100. The highest BCUT2D eigenvalue weighted by Gasteiger charge is 2.30. The van der Waals surface area contributed by atoms with Gasteiger partial charge in [0.15, 0.2) is 5.82 Å². The van der Waals surface area contributed by atoms with Crippen molar-refractivity contribution in [3.8, 4) is 0 Å². The Morgan fingerprint density at radius 2 is 1.80 bits per heavy atom. The summed E-state index contributed by atoms with van der Waals surface area (Å²) in [6.45, 7) is 10.7. The number of methoxy groups -OCH3 is 1. The molecule has 0 radical (unpaired) electrons. The summed E-state index contributed by atoms with van der Waals surface area (Å²) in [5.74, 6) is 0.979. The van der Waals surface area contributed by atoms with Crippen molar-refractivity contribution in [2.45, 2.75) is 53.4 Å². The van der Waals surface area contributed by atoms with Crippen molar-refractivity contribution in [1.82, 2.24) is 30.1 Å². The molecule has 2 aromatic heterocycles. The molecule has 184 valence electrons. The van der Waals surface area contributed by atoms with Crippen molar-refractivity contribution < 1.29 is 4.74 Å². The van der Waals surface area contributed by atoms with E-state index in [9.17, 15) is 4.79 Å². The molecule has 0 aliphatic heterocycles. The quantitative estimate of drug-likeness (QED) is 0.371. The Bertz CT molecular complexity index is 1330. The lowest BCUT2D eigenvalue weighted by atomic mass is 9.99. The highest BCUT2D eigenvalue weighted by atomic mass is 16.5. The Balaban J connectivity index is 1.76. The molecule has 8 nitrogen and oxygen atoms in total. The van der Waals surface area contributed by atoms with Gasteiger partial charge in [0.25, 0.3) is 5.56 Å². The number of aromatic nitrogens is 5. The molecule has 1 unspecified atom stereocenters. The fourth-order valence-electron chi connectivity index (χ4n) is 4.57. The SMILES string of the molecule is COCCn1nnnc1C(C(C)C)N(Cc1ccccc1)Cc1cc2cc(C)c(C)cc2[nH]c1=O. The van der Waals surface area contributed by atoms with Crippen LogP contribution in [0.3, 0.4) is 0 Å². The fraction of sp³-hybridized carbons (Fsp3) is 0.407. The normalized spacial score (nSPS) is 12.7. The van der Waals surface area contributed by atoms with Crippen molar-refractivity contribution in [1.29, 1.82) is 0 Å². The van der Waals surface area contributed by atoms with E-state index in [0.717, 1.165) is 33.4 Å². The Morgan fingerprint density at radius 3 is 2.51 bits per heavy atom. The van der Waals surface area contributed by atoms with Crippen LogP contribution in [0.1, 0.15) is 48.0 Å². The smallest absolute Gasteiger partial charge is 0.252 e. The minimum absolute atomic E-state index is 0.0692. The first kappa shape index (κ1) is 24.8. The van der Waals surface area contributed by atoms with Crippen LogP contribution in [0.15, 0.2) is 53.3 Å². The van der Waals surface area contributed by atoms with Crippen molar-refractivity contribution in [2.24, 2.45) is 5.92 Å². The van der Waals surface area contributed by atoms with Gasteiger partial charge in [-0.15, -0.1) is 5.10 Å². The molecule has 0 aliphatic carbocycles. The maximum absolute atomic E-state index is 13.2. The van der Waals surface area contributed by atoms with Gasteiger partial charge in [0.1, 0.15) is 0 Å². The van der Waals surface area contributed by atoms with Crippen LogP contribution in [0.5, 0.6) is 0 Å². The lowest BCUT2D eigenvalue weighted by molar-refractivity contribution is 0.121. The number of hydrogen-bond acceptors (Lipinski definition) is 6. The van der Waals surface area contributed by atoms with Gasteiger partial charge in [-0.1, -0.05) is 44.2 Å². The number of ether oxygens (including phenoxy) is 1. The molecule has 2 aromatic carbocycles. The van der Waals surface area contributed by atoms with Crippen LogP contribution in [0.4, 0.5) is 0 Å². The molecular formula is C27H34N6O2. The van der Waals surface area contributed by atoms with E-state index in [1.807, 2.05) is 35.0 Å². The van der Waals surface area contributed by atoms with Crippen LogP contribution >= 0.6 is 0 Å². The van der Waals surface area contributed by atoms with Gasteiger partial charge in [-0.25, -0.2) is 4.68 Å². The van der Waals surface area contributed by atoms with Crippen molar-refractivity contribution >= 4 is 10.9 Å². The Morgan fingerprint density at radius 1 is 1.06 bits per heavy atom. The summed E-state index contributed by atoms with van der Waals surface area (Å²) < 4.78 is 7.07. The first-order valence-electron chi connectivity index (χ1n) is 12.0. The lowest BCUT2D eigenvalue weighted by Crippen LogP contribution is -2.35. The predicted molar refractivity (Wildman–Crippen MR) is 137 cm³/mol. The number of fused-ring (bicyclic) bond motifs is 1. The van der Waals surface area contributed by atoms with Gasteiger partial charge < -0.3 is 9.72 Å². The van der Waals surface area contributed by atoms with E-state index in [1.54, 1.807) is 7.11 Å². The average molecular weight is 475 g/mol. The number of tetrazole rings is 1. The average Bonchev–Trinajstić information content (AvgIpc) is 3.28. The molecule has 4 rings (SSSR count). The second kappa shape index (κ2) is 10.9. The van der Waals surface area contributed by atoms with E-state index in [-0.39, 0.29) is 17.5 Å². The van der Waals surface area contributed by atoms with E-state index in [1.165, 1.54) is 5.56 Å². The molecule has 1 atom stereocenters. The van der Waals surface area contributed by atoms with E-state index in [0.29, 0.717) is 26.2 Å². The zero-order valence-corrected chi connectivity index (χ0v) is 21.2. The van der Waals surface area contributed by atoms with Crippen molar-refractivity contribution in [3.05, 3.63) is 87.0 Å². The monoisotopic (exact) mass is 474 g/mol. The molecule has 4 aromatic rings. The van der Waals surface area contributed by atoms with Crippen LogP contribution < -0.4 is 5.56 Å². The molecule has 0 saturated heterocycles. The Labute approximate surface area is 205 Å². The summed E-state index contributed by atoms with van der Waals surface area (Å²) in [6.07, 6.45) is 0. The number of aryl methyl sites for hydroxylation is 2. The molecule has 0 spiro atoms. The van der Waals surface area contributed by atoms with E-state index in [4.69, 9.17) is 4.74 Å². The number of nitrogens with one attached hydrogen (secondary N) is 1. The highest BCUT2D eigenvalue weighted by molar-refractivity contribution is 5.80. The third-order valence-electron chi connectivity index (χ3n) is 6.49. The molecule has 0 saturated carbocycles. The van der Waals surface area contributed by atoms with Crippen molar-refractivity contribution in [3.63, 3.8) is 0 Å². The number of rotatable bonds is 10. The van der Waals surface area contributed by atoms with Gasteiger partial charge in [0.05, 0.1) is 19.2 Å². The third-order valence-corrected chi connectivity index (χ3v) is 6.49. The van der Waals surface area contributed by atoms with Gasteiger partial charge in [-0.3, -0.25) is 9.69 Å². The van der Waals surface area contributed by atoms with Crippen LogP contribution in [0.2, 0.25) is 0 Å². The van der Waals surface area contributed by atoms with Gasteiger partial charge in [-0.05, 0) is 70.5 Å². The summed E-state index contributed by atoms with van der Waals surface area (Å²) in [7, 11) is 1.67. The summed E-state index contributed by atoms with van der Waals surface area (Å²) >= 11 is 0.